The second-order valence-electron chi connectivity index (χ2n) is 7.61. The molecule has 0 aliphatic heterocycles. The zero-order chi connectivity index (χ0) is 23.5. The van der Waals surface area contributed by atoms with Gasteiger partial charge in [0.25, 0.3) is 5.56 Å². The highest BCUT2D eigenvalue weighted by Crippen LogP contribution is 2.29. The molecule has 0 unspecified atom stereocenters. The molecule has 1 aromatic carbocycles. The lowest BCUT2D eigenvalue weighted by atomic mass is 10.1. The molecule has 3 rings (SSSR count). The van der Waals surface area contributed by atoms with Gasteiger partial charge in [-0.05, 0) is 38.0 Å². The number of sulfone groups is 1. The van der Waals surface area contributed by atoms with E-state index in [0.29, 0.717) is 28.9 Å². The third-order valence-electron chi connectivity index (χ3n) is 4.80. The minimum atomic E-state index is -3.37. The monoisotopic (exact) mass is 452 g/mol. The first-order valence-corrected chi connectivity index (χ1v) is 11.9. The molecule has 0 fully saturated rings. The molecule has 0 N–H and O–H groups in total. The smallest absolute Gasteiger partial charge is 0.253 e. The first-order valence-electron chi connectivity index (χ1n) is 10.1. The number of para-hydroxylation sites is 1. The number of aromatic nitrogens is 3. The van der Waals surface area contributed by atoms with Gasteiger partial charge in [-0.3, -0.25) is 4.79 Å². The van der Waals surface area contributed by atoms with Crippen LogP contribution in [0.2, 0.25) is 0 Å². The van der Waals surface area contributed by atoms with E-state index in [1.807, 2.05) is 0 Å². The Bertz CT molecular complexity index is 1350. The number of nitriles is 1. The van der Waals surface area contributed by atoms with Gasteiger partial charge in [0, 0.05) is 30.4 Å². The third-order valence-corrected chi connectivity index (χ3v) is 6.56. The first kappa shape index (κ1) is 23.2. The number of benzene rings is 1. The molecule has 8 nitrogen and oxygen atoms in total. The number of hydrogen-bond acceptors (Lipinski definition) is 7. The van der Waals surface area contributed by atoms with Gasteiger partial charge in [-0.2, -0.15) is 10.2 Å². The molecule has 166 valence electrons. The van der Waals surface area contributed by atoms with Crippen LogP contribution < -0.4 is 10.3 Å². The van der Waals surface area contributed by atoms with Crippen LogP contribution in [0.15, 0.2) is 41.3 Å². The lowest BCUT2D eigenvalue weighted by molar-refractivity contribution is 0.456. The molecule has 0 radical (unpaired) electrons. The van der Waals surface area contributed by atoms with Gasteiger partial charge in [-0.1, -0.05) is 19.1 Å². The summed E-state index contributed by atoms with van der Waals surface area (Å²) in [5.74, 6) is 0.469. The van der Waals surface area contributed by atoms with Crippen LogP contribution in [0.25, 0.3) is 11.4 Å². The van der Waals surface area contributed by atoms with E-state index in [9.17, 15) is 18.5 Å². The second-order valence-corrected chi connectivity index (χ2v) is 9.79. The number of hydrogen-bond donors (Lipinski definition) is 0. The van der Waals surface area contributed by atoms with Crippen LogP contribution in [0, 0.1) is 25.2 Å². The van der Waals surface area contributed by atoms with E-state index < -0.39 is 9.84 Å². The Morgan fingerprint density at radius 3 is 2.56 bits per heavy atom. The normalized spacial score (nSPS) is 11.2. The summed E-state index contributed by atoms with van der Waals surface area (Å²) in [5, 5.41) is 9.43. The highest BCUT2D eigenvalue weighted by Gasteiger charge is 2.18. The van der Waals surface area contributed by atoms with Crippen molar-refractivity contribution in [2.24, 2.45) is 7.05 Å². The average molecular weight is 453 g/mol. The molecule has 32 heavy (non-hydrogen) atoms. The van der Waals surface area contributed by atoms with Gasteiger partial charge >= 0.3 is 0 Å². The van der Waals surface area contributed by atoms with Crippen molar-refractivity contribution in [1.29, 1.82) is 5.26 Å². The Kier molecular flexibility index (Phi) is 6.75. The highest BCUT2D eigenvalue weighted by molar-refractivity contribution is 7.90. The van der Waals surface area contributed by atoms with Gasteiger partial charge in [-0.25, -0.2) is 13.4 Å². The van der Waals surface area contributed by atoms with Gasteiger partial charge in [0.2, 0.25) is 5.88 Å². The third kappa shape index (κ3) is 5.21. The Hall–Kier alpha value is -3.51. The predicted molar refractivity (Wildman–Crippen MR) is 121 cm³/mol. The number of rotatable bonds is 7. The van der Waals surface area contributed by atoms with E-state index in [1.54, 1.807) is 58.3 Å². The maximum Gasteiger partial charge on any atom is 0.253 e. The van der Waals surface area contributed by atoms with Crippen molar-refractivity contribution in [3.63, 3.8) is 0 Å². The van der Waals surface area contributed by atoms with Crippen molar-refractivity contribution in [2.45, 2.75) is 32.9 Å². The zero-order valence-electron chi connectivity index (χ0n) is 18.4. The van der Waals surface area contributed by atoms with Crippen molar-refractivity contribution in [1.82, 2.24) is 14.5 Å². The second kappa shape index (κ2) is 9.32. The molecule has 0 saturated carbocycles. The molecule has 0 amide bonds. The maximum atomic E-state index is 12.4. The molecule has 3 aromatic rings. The summed E-state index contributed by atoms with van der Waals surface area (Å²) in [6.07, 6.45) is 2.09. The van der Waals surface area contributed by atoms with Crippen LogP contribution >= 0.6 is 0 Å². The zero-order valence-corrected chi connectivity index (χ0v) is 19.2. The van der Waals surface area contributed by atoms with Crippen LogP contribution in [0.4, 0.5) is 0 Å². The molecule has 0 bridgehead atoms. The maximum absolute atomic E-state index is 12.4. The van der Waals surface area contributed by atoms with E-state index in [0.717, 1.165) is 5.56 Å². The Labute approximate surface area is 187 Å². The predicted octanol–water partition coefficient (Wildman–Crippen LogP) is 3.45. The SMILES string of the molecule is CCCS(=O)(=O)Cc1cc(Oc2c(C)cccc2C#N)nc(-c2cc(C)c(=O)n(C)c2)n1. The summed E-state index contributed by atoms with van der Waals surface area (Å²) < 4.78 is 32.2. The van der Waals surface area contributed by atoms with Crippen molar-refractivity contribution in [2.75, 3.05) is 5.75 Å². The minimum Gasteiger partial charge on any atom is -0.437 e. The summed E-state index contributed by atoms with van der Waals surface area (Å²) in [6, 6.07) is 10.4. The van der Waals surface area contributed by atoms with Crippen molar-refractivity contribution in [3.8, 4) is 29.1 Å². The molecular formula is C23H24N4O4S. The fraction of sp³-hybridized carbons (Fsp3) is 0.304. The van der Waals surface area contributed by atoms with Crippen molar-refractivity contribution in [3.05, 3.63) is 69.3 Å². The number of pyridine rings is 1. The van der Waals surface area contributed by atoms with Gasteiger partial charge < -0.3 is 9.30 Å². The van der Waals surface area contributed by atoms with Crippen LogP contribution in [0.3, 0.4) is 0 Å². The molecule has 0 atom stereocenters. The average Bonchev–Trinajstić information content (AvgIpc) is 2.72. The molecule has 0 spiro atoms. The van der Waals surface area contributed by atoms with Crippen molar-refractivity contribution >= 4 is 9.84 Å². The van der Waals surface area contributed by atoms with Crippen molar-refractivity contribution < 1.29 is 13.2 Å². The fourth-order valence-corrected chi connectivity index (χ4v) is 4.68. The van der Waals surface area contributed by atoms with Gasteiger partial charge in [0.05, 0.1) is 22.8 Å². The standard InChI is InChI=1S/C23H24N4O4S/c1-5-9-32(29,30)14-19-11-20(31-21-15(2)7-6-8-17(21)12-24)26-22(25-19)18-10-16(3)23(28)27(4)13-18/h6-8,10-11,13H,5,9,14H2,1-4H3. The number of nitrogens with zero attached hydrogens (tertiary/aromatic N) is 4. The van der Waals surface area contributed by atoms with Gasteiger partial charge in [0.1, 0.15) is 11.8 Å². The van der Waals surface area contributed by atoms with E-state index >= 15 is 0 Å². The minimum absolute atomic E-state index is 0.0395. The highest BCUT2D eigenvalue weighted by atomic mass is 32.2. The lowest BCUT2D eigenvalue weighted by Gasteiger charge is -2.13. The van der Waals surface area contributed by atoms with Crippen LogP contribution in [-0.4, -0.2) is 28.7 Å². The summed E-state index contributed by atoms with van der Waals surface area (Å²) in [5.41, 5.74) is 2.26. The Morgan fingerprint density at radius 2 is 1.91 bits per heavy atom. The van der Waals surface area contributed by atoms with Gasteiger partial charge in [0.15, 0.2) is 15.7 Å². The summed E-state index contributed by atoms with van der Waals surface area (Å²) in [4.78, 5) is 21.0. The lowest BCUT2D eigenvalue weighted by Crippen LogP contribution is -2.18. The summed E-state index contributed by atoms with van der Waals surface area (Å²) in [6.45, 7) is 5.29. The van der Waals surface area contributed by atoms with Crippen LogP contribution in [0.5, 0.6) is 11.6 Å². The Morgan fingerprint density at radius 1 is 1.16 bits per heavy atom. The molecule has 2 aromatic heterocycles. The fourth-order valence-electron chi connectivity index (χ4n) is 3.32. The molecule has 0 aliphatic carbocycles. The Balaban J connectivity index is 2.15. The van der Waals surface area contributed by atoms with E-state index in [4.69, 9.17) is 4.74 Å². The van der Waals surface area contributed by atoms with E-state index in [1.165, 1.54) is 10.6 Å². The topological polar surface area (TPSA) is 115 Å². The van der Waals surface area contributed by atoms with Crippen LogP contribution in [-0.2, 0) is 22.6 Å². The summed E-state index contributed by atoms with van der Waals surface area (Å²) >= 11 is 0. The molecule has 0 saturated heterocycles. The largest absolute Gasteiger partial charge is 0.437 e. The molecule has 0 aliphatic rings. The first-order chi connectivity index (χ1) is 15.1. The van der Waals surface area contributed by atoms with E-state index in [-0.39, 0.29) is 34.5 Å². The number of aryl methyl sites for hydroxylation is 3. The molecule has 2 heterocycles. The quantitative estimate of drug-likeness (QED) is 0.539. The summed E-state index contributed by atoms with van der Waals surface area (Å²) in [7, 11) is -1.75. The number of ether oxygens (including phenoxy) is 1. The van der Waals surface area contributed by atoms with E-state index in [2.05, 4.69) is 16.0 Å². The van der Waals surface area contributed by atoms with Crippen LogP contribution in [0.1, 0.15) is 35.7 Å². The molecule has 9 heteroatoms. The van der Waals surface area contributed by atoms with Gasteiger partial charge in [-0.15, -0.1) is 0 Å². The molecular weight excluding hydrogens is 428 g/mol.